The van der Waals surface area contributed by atoms with E-state index in [1.54, 1.807) is 0 Å². The third kappa shape index (κ3) is 9.21. The van der Waals surface area contributed by atoms with Gasteiger partial charge >= 0.3 is 23.5 Å². The van der Waals surface area contributed by atoms with Gasteiger partial charge < -0.3 is 61.2 Å². The molecule has 3 fully saturated rings. The molecule has 6 aromatic heterocycles. The van der Waals surface area contributed by atoms with Crippen LogP contribution in [0.2, 0.25) is 0 Å². The molecule has 0 aromatic carbocycles. The van der Waals surface area contributed by atoms with E-state index in [0.717, 1.165) is 45.3 Å². The van der Waals surface area contributed by atoms with Gasteiger partial charge in [-0.25, -0.2) is 57.4 Å². The Kier molecular flexibility index (Phi) is 12.7. The van der Waals surface area contributed by atoms with Crippen molar-refractivity contribution in [3.05, 3.63) is 42.0 Å². The third-order valence-corrected chi connectivity index (χ3v) is 13.1. The van der Waals surface area contributed by atoms with Crippen LogP contribution >= 0.6 is 23.5 Å². The number of anilines is 3. The molecule has 14 atom stereocenters. The molecule has 6 aromatic rings. The number of nitrogens with zero attached hydrogens (tertiary/aromatic N) is 11. The molecular weight excluding hydrogens is 989 g/mol. The number of ether oxygens (including phenoxy) is 3. The van der Waals surface area contributed by atoms with Gasteiger partial charge in [-0.15, -0.1) is 0 Å². The van der Waals surface area contributed by atoms with Gasteiger partial charge in [0.2, 0.25) is 5.95 Å². The average Bonchev–Trinajstić information content (AvgIpc) is 4.13. The van der Waals surface area contributed by atoms with E-state index in [1.165, 1.54) is 0 Å². The van der Waals surface area contributed by atoms with Gasteiger partial charge in [0, 0.05) is 0 Å². The Labute approximate surface area is 374 Å². The number of phosphoric ester groups is 3. The third-order valence-electron chi connectivity index (χ3n) is 10.6. The van der Waals surface area contributed by atoms with Crippen molar-refractivity contribution in [3.8, 4) is 0 Å². The maximum atomic E-state index is 16.6. The Morgan fingerprint density at radius 1 is 0.618 bits per heavy atom. The molecule has 0 bridgehead atoms. The zero-order valence-electron chi connectivity index (χ0n) is 33.8. The highest BCUT2D eigenvalue weighted by molar-refractivity contribution is 7.47. The Bertz CT molecular complexity index is 3070. The molecule has 3 aliphatic rings. The number of rotatable bonds is 16. The number of hydrogen-bond donors (Lipinski definition) is 10. The molecule has 0 spiro atoms. The first-order chi connectivity index (χ1) is 32.1. The second kappa shape index (κ2) is 18.0. The van der Waals surface area contributed by atoms with Crippen molar-refractivity contribution < 1.29 is 89.1 Å². The first-order valence-corrected chi connectivity index (χ1v) is 23.8. The van der Waals surface area contributed by atoms with Crippen LogP contribution < -0.4 is 22.8 Å². The largest absolute Gasteiger partial charge is 0.472 e. The molecule has 9 rings (SSSR count). The predicted molar refractivity (Wildman–Crippen MR) is 215 cm³/mol. The normalized spacial score (nSPS) is 30.7. The fourth-order valence-electron chi connectivity index (χ4n) is 7.57. The number of hydrogen-bond acceptors (Lipinski definition) is 25. The second-order valence-electron chi connectivity index (χ2n) is 15.0. The summed E-state index contributed by atoms with van der Waals surface area (Å²) in [6.07, 6.45) is -18.5. The summed E-state index contributed by atoms with van der Waals surface area (Å²) in [7, 11) is -16.4. The fraction of sp³-hybridized carbons (Fsp3) is 0.500. The van der Waals surface area contributed by atoms with Crippen LogP contribution in [0.15, 0.2) is 36.4 Å². The number of aliphatic hydroxyl groups excluding tert-OH is 2. The van der Waals surface area contributed by atoms with Gasteiger partial charge in [-0.1, -0.05) is 0 Å². The number of H-pyrrole nitrogens is 1. The van der Waals surface area contributed by atoms with E-state index in [0.29, 0.717) is 0 Å². The van der Waals surface area contributed by atoms with Gasteiger partial charge in [-0.2, -0.15) is 4.98 Å². The van der Waals surface area contributed by atoms with E-state index in [-0.39, 0.29) is 51.1 Å². The van der Waals surface area contributed by atoms with Crippen molar-refractivity contribution in [2.24, 2.45) is 0 Å². The molecule has 13 N–H and O–H groups in total. The summed E-state index contributed by atoms with van der Waals surface area (Å²) in [5.41, 5.74) is 16.0. The molecular formula is C30H36F2N15O18P3. The van der Waals surface area contributed by atoms with E-state index in [1.807, 2.05) is 0 Å². The van der Waals surface area contributed by atoms with Crippen LogP contribution in [-0.2, 0) is 50.5 Å². The van der Waals surface area contributed by atoms with E-state index in [2.05, 4.69) is 49.4 Å². The van der Waals surface area contributed by atoms with Gasteiger partial charge in [-0.3, -0.25) is 46.1 Å². The van der Waals surface area contributed by atoms with Crippen LogP contribution in [0.3, 0.4) is 0 Å². The minimum absolute atomic E-state index is 0.00208. The lowest BCUT2D eigenvalue weighted by atomic mass is 10.1. The number of aliphatic hydroxyl groups is 2. The number of nitrogens with two attached hydrogens (primary N) is 3. The SMILES string of the molecule is Nc1nc2c(ncn2[C@@H]2O[C@H](COP(=O)(O)OC3[C@@H](COP(=O)(O)OC4[C@@H](COP(=O)(O)O)O[C@@H](n5cnc6c(N)ncnc65)[C@H]4F)O[C@@H](n4cnc5c(N)ncnc54)[C@H]3F)C(O)[C@@H]2O)c(=O)[nH]1. The van der Waals surface area contributed by atoms with Crippen LogP contribution in [0.4, 0.5) is 26.4 Å². The first kappa shape index (κ1) is 47.9. The standard InChI is InChI=1S/C30H36F2N15O18P3/c31-12-19(10(2-58-66(51,52)53)62-27(12)45-6-40-14-21(33)36-4-38-23(14)45)64-68(56,57)60-3-11-20(13(32)28(63-11)46-7-41-15-22(34)37-5-39-24(15)46)65-67(54,55)59-1-9-17(48)18(49)29(61-9)47-8-42-16-25(47)43-30(35)44-26(16)50/h4-13,17-20,27-29,48-49H,1-3H2,(H,54,55)(H,56,57)(H2,33,36,38)(H2,34,37,39)(H2,51,52,53)(H3,35,43,44,50)/t9-,10-,11-,12+,13+,17?,18+,19?,20?,27-,28-,29-/m1/s1. The van der Waals surface area contributed by atoms with Gasteiger partial charge in [0.05, 0.1) is 38.8 Å². The van der Waals surface area contributed by atoms with Gasteiger partial charge in [0.1, 0.15) is 66.4 Å². The highest BCUT2D eigenvalue weighted by Crippen LogP contribution is 2.53. The molecule has 0 aliphatic carbocycles. The summed E-state index contributed by atoms with van der Waals surface area (Å²) < 4.78 is 117. The first-order valence-electron chi connectivity index (χ1n) is 19.3. The quantitative estimate of drug-likeness (QED) is 0.0458. The number of halogens is 2. The molecule has 9 heterocycles. The van der Waals surface area contributed by atoms with Gasteiger partial charge in [0.25, 0.3) is 5.56 Å². The van der Waals surface area contributed by atoms with Crippen LogP contribution in [0.1, 0.15) is 18.7 Å². The van der Waals surface area contributed by atoms with Crippen molar-refractivity contribution in [1.29, 1.82) is 0 Å². The highest BCUT2D eigenvalue weighted by Gasteiger charge is 2.54. The summed E-state index contributed by atoms with van der Waals surface area (Å²) in [5.74, 6) is -0.556. The van der Waals surface area contributed by atoms with Gasteiger partial charge in [-0.05, 0) is 0 Å². The summed E-state index contributed by atoms with van der Waals surface area (Å²) >= 11 is 0. The van der Waals surface area contributed by atoms with Crippen LogP contribution in [0, 0.1) is 0 Å². The summed E-state index contributed by atoms with van der Waals surface area (Å²) in [6, 6.07) is 0. The number of phosphoric acid groups is 3. The Hall–Kier alpha value is -5.16. The van der Waals surface area contributed by atoms with Crippen molar-refractivity contribution in [1.82, 2.24) is 58.6 Å². The van der Waals surface area contributed by atoms with Crippen LogP contribution in [0.5, 0.6) is 0 Å². The van der Waals surface area contributed by atoms with Crippen molar-refractivity contribution in [2.45, 2.75) is 73.8 Å². The number of aromatic amines is 1. The van der Waals surface area contributed by atoms with E-state index < -0.39 is 123 Å². The number of aromatic nitrogens is 12. The van der Waals surface area contributed by atoms with Crippen molar-refractivity contribution in [2.75, 3.05) is 37.0 Å². The molecule has 33 nitrogen and oxygen atoms in total. The molecule has 68 heavy (non-hydrogen) atoms. The molecule has 3 aliphatic heterocycles. The van der Waals surface area contributed by atoms with E-state index >= 15 is 8.78 Å². The average molecular weight is 1030 g/mol. The molecule has 0 saturated carbocycles. The Morgan fingerprint density at radius 3 is 1.56 bits per heavy atom. The van der Waals surface area contributed by atoms with Crippen molar-refractivity contribution in [3.63, 3.8) is 0 Å². The lowest BCUT2D eigenvalue weighted by Gasteiger charge is -2.25. The lowest BCUT2D eigenvalue weighted by Crippen LogP contribution is -2.36. The monoisotopic (exact) mass is 1030 g/mol. The number of fused-ring (bicyclic) bond motifs is 3. The molecule has 0 radical (unpaired) electrons. The van der Waals surface area contributed by atoms with E-state index in [4.69, 9.17) is 49.5 Å². The number of nitrogens with one attached hydrogen (secondary N) is 1. The molecule has 5 unspecified atom stereocenters. The molecule has 38 heteroatoms. The van der Waals surface area contributed by atoms with E-state index in [9.17, 15) is 48.3 Å². The number of imidazole rings is 3. The maximum Gasteiger partial charge on any atom is 0.472 e. The second-order valence-corrected chi connectivity index (χ2v) is 19.0. The molecule has 0 amide bonds. The van der Waals surface area contributed by atoms with Gasteiger partial charge in [0.15, 0.2) is 65.1 Å². The Morgan fingerprint density at radius 2 is 1.06 bits per heavy atom. The van der Waals surface area contributed by atoms with Crippen LogP contribution in [0.25, 0.3) is 33.5 Å². The minimum atomic E-state index is -5.63. The number of nitrogen functional groups attached to an aromatic ring is 3. The smallest absolute Gasteiger partial charge is 0.387 e. The lowest BCUT2D eigenvalue weighted by molar-refractivity contribution is -0.0613. The zero-order chi connectivity index (χ0) is 48.6. The number of alkyl halides is 2. The Balaban J connectivity index is 0.927. The minimum Gasteiger partial charge on any atom is -0.387 e. The maximum absolute atomic E-state index is 16.6. The summed E-state index contributed by atoms with van der Waals surface area (Å²) in [6.45, 7) is -3.37. The topological polar surface area (TPSA) is 475 Å². The fourth-order valence-corrected chi connectivity index (χ4v) is 9.82. The van der Waals surface area contributed by atoms with Crippen molar-refractivity contribution >= 4 is 74.5 Å². The van der Waals surface area contributed by atoms with Crippen LogP contribution in [-0.4, -0.2) is 163 Å². The highest BCUT2D eigenvalue weighted by atomic mass is 31.2. The molecule has 3 saturated heterocycles. The molecule has 368 valence electrons. The summed E-state index contributed by atoms with van der Waals surface area (Å²) in [4.78, 5) is 86.5. The summed E-state index contributed by atoms with van der Waals surface area (Å²) in [5, 5.41) is 21.6. The predicted octanol–water partition coefficient (Wildman–Crippen LogP) is -2.25. The zero-order valence-corrected chi connectivity index (χ0v) is 36.5.